The molecule has 2 aromatic rings. The molecular formula is C15H16N2O2. The van der Waals surface area contributed by atoms with Crippen LogP contribution in [-0.2, 0) is 0 Å². The summed E-state index contributed by atoms with van der Waals surface area (Å²) in [5.74, 6) is 0.758. The highest BCUT2D eigenvalue weighted by atomic mass is 16.4. The van der Waals surface area contributed by atoms with E-state index >= 15 is 0 Å². The van der Waals surface area contributed by atoms with Crippen LogP contribution in [0.3, 0.4) is 0 Å². The van der Waals surface area contributed by atoms with E-state index in [-0.39, 0.29) is 0 Å². The first-order chi connectivity index (χ1) is 9.22. The van der Waals surface area contributed by atoms with E-state index in [4.69, 9.17) is 5.11 Å². The number of carbonyl (C=O) groups is 1. The van der Waals surface area contributed by atoms with Crippen molar-refractivity contribution in [2.75, 3.05) is 0 Å². The molecule has 1 N–H and O–H groups in total. The molecule has 3 atom stereocenters. The topological polar surface area (TPSA) is 55.1 Å². The number of hydrogen-bond acceptors (Lipinski definition) is 2. The number of nitrogens with zero attached hydrogens (tertiary/aromatic N) is 2. The summed E-state index contributed by atoms with van der Waals surface area (Å²) in [6.45, 7) is 0. The van der Waals surface area contributed by atoms with E-state index in [2.05, 4.69) is 9.55 Å². The molecule has 0 radical (unpaired) electrons. The molecule has 4 nitrogen and oxygen atoms in total. The maximum absolute atomic E-state index is 11.1. The van der Waals surface area contributed by atoms with Crippen molar-refractivity contribution in [2.45, 2.75) is 31.7 Å². The van der Waals surface area contributed by atoms with Crippen LogP contribution in [0.5, 0.6) is 0 Å². The number of carboxylic acids is 1. The van der Waals surface area contributed by atoms with Gasteiger partial charge in [0, 0.05) is 6.04 Å². The number of rotatable bonds is 2. The number of benzene rings is 1. The summed E-state index contributed by atoms with van der Waals surface area (Å²) in [5.41, 5.74) is 2.21. The van der Waals surface area contributed by atoms with Crippen molar-refractivity contribution in [2.24, 2.45) is 11.8 Å². The van der Waals surface area contributed by atoms with E-state index in [9.17, 15) is 4.79 Å². The van der Waals surface area contributed by atoms with E-state index in [1.54, 1.807) is 12.1 Å². The van der Waals surface area contributed by atoms with E-state index in [0.717, 1.165) is 22.9 Å². The smallest absolute Gasteiger partial charge is 0.335 e. The second kappa shape index (κ2) is 3.83. The Morgan fingerprint density at radius 1 is 1.32 bits per heavy atom. The number of fused-ring (bicyclic) bond motifs is 3. The third-order valence-electron chi connectivity index (χ3n) is 4.88. The Balaban J connectivity index is 1.81. The molecule has 1 heterocycles. The molecule has 2 bridgehead atoms. The zero-order valence-corrected chi connectivity index (χ0v) is 10.6. The number of aromatic carboxylic acids is 1. The molecule has 3 unspecified atom stereocenters. The van der Waals surface area contributed by atoms with Gasteiger partial charge in [-0.2, -0.15) is 0 Å². The van der Waals surface area contributed by atoms with Crippen LogP contribution in [0.25, 0.3) is 11.0 Å². The zero-order chi connectivity index (χ0) is 13.0. The molecule has 4 heteroatoms. The molecule has 4 rings (SSSR count). The van der Waals surface area contributed by atoms with Gasteiger partial charge >= 0.3 is 5.97 Å². The van der Waals surface area contributed by atoms with E-state index < -0.39 is 5.97 Å². The standard InChI is InChI=1S/C15H16N2O2/c18-15(19)11-3-4-12-14(7-11)17(8-16-12)13-6-9-1-2-10(13)5-9/h3-4,7-10,13H,1-2,5-6H2,(H,18,19). The number of carboxylic acid groups (broad SMARTS) is 1. The van der Waals surface area contributed by atoms with Crippen LogP contribution in [0.2, 0.25) is 0 Å². The van der Waals surface area contributed by atoms with Crippen molar-refractivity contribution < 1.29 is 9.90 Å². The molecule has 19 heavy (non-hydrogen) atoms. The lowest BCUT2D eigenvalue weighted by Gasteiger charge is -2.23. The highest BCUT2D eigenvalue weighted by molar-refractivity contribution is 5.92. The Kier molecular flexibility index (Phi) is 2.22. The van der Waals surface area contributed by atoms with E-state index in [1.807, 2.05) is 12.4 Å². The van der Waals surface area contributed by atoms with Gasteiger partial charge in [0.1, 0.15) is 0 Å². The first-order valence-corrected chi connectivity index (χ1v) is 6.92. The minimum absolute atomic E-state index is 0.345. The molecule has 2 fully saturated rings. The van der Waals surface area contributed by atoms with Crippen LogP contribution in [0.1, 0.15) is 42.1 Å². The van der Waals surface area contributed by atoms with Crippen LogP contribution >= 0.6 is 0 Å². The van der Waals surface area contributed by atoms with Gasteiger partial charge in [-0.25, -0.2) is 9.78 Å². The molecule has 98 valence electrons. The Labute approximate surface area is 111 Å². The van der Waals surface area contributed by atoms with E-state index in [0.29, 0.717) is 11.6 Å². The maximum Gasteiger partial charge on any atom is 0.335 e. The van der Waals surface area contributed by atoms with Crippen molar-refractivity contribution in [1.82, 2.24) is 9.55 Å². The quantitative estimate of drug-likeness (QED) is 0.898. The third kappa shape index (κ3) is 1.59. The molecule has 2 aliphatic rings. The highest BCUT2D eigenvalue weighted by Gasteiger charge is 2.40. The maximum atomic E-state index is 11.1. The van der Waals surface area contributed by atoms with Crippen LogP contribution in [-0.4, -0.2) is 20.6 Å². The van der Waals surface area contributed by atoms with Gasteiger partial charge in [0.2, 0.25) is 0 Å². The van der Waals surface area contributed by atoms with Crippen LogP contribution in [0.4, 0.5) is 0 Å². The second-order valence-electron chi connectivity index (χ2n) is 5.90. The lowest BCUT2D eigenvalue weighted by atomic mass is 9.95. The minimum Gasteiger partial charge on any atom is -0.478 e. The van der Waals surface area contributed by atoms with Crippen molar-refractivity contribution in [3.8, 4) is 0 Å². The fraction of sp³-hybridized carbons (Fsp3) is 0.467. The summed E-state index contributed by atoms with van der Waals surface area (Å²) in [6, 6.07) is 5.72. The molecule has 0 saturated heterocycles. The summed E-state index contributed by atoms with van der Waals surface area (Å²) in [4.78, 5) is 15.5. The van der Waals surface area contributed by atoms with Crippen molar-refractivity contribution >= 4 is 17.0 Å². The molecule has 2 aliphatic carbocycles. The van der Waals surface area contributed by atoms with E-state index in [1.165, 1.54) is 25.7 Å². The Bertz CT molecular complexity index is 661. The molecule has 1 aromatic heterocycles. The zero-order valence-electron chi connectivity index (χ0n) is 10.6. The SMILES string of the molecule is O=C(O)c1ccc2ncn(C3CC4CCC3C4)c2c1. The van der Waals surface area contributed by atoms with Gasteiger partial charge in [0.25, 0.3) is 0 Å². The normalized spacial score (nSPS) is 29.2. The largest absolute Gasteiger partial charge is 0.478 e. The summed E-state index contributed by atoms with van der Waals surface area (Å²) in [6.07, 6.45) is 7.14. The molecule has 2 saturated carbocycles. The van der Waals surface area contributed by atoms with Gasteiger partial charge in [0.05, 0.1) is 22.9 Å². The summed E-state index contributed by atoms with van der Waals surface area (Å²) < 4.78 is 2.21. The fourth-order valence-corrected chi connectivity index (χ4v) is 3.98. The van der Waals surface area contributed by atoms with Crippen molar-refractivity contribution in [1.29, 1.82) is 0 Å². The van der Waals surface area contributed by atoms with Crippen LogP contribution < -0.4 is 0 Å². The summed E-state index contributed by atoms with van der Waals surface area (Å²) in [5, 5.41) is 9.11. The minimum atomic E-state index is -0.873. The first kappa shape index (κ1) is 11.0. The molecular weight excluding hydrogens is 240 g/mol. The van der Waals surface area contributed by atoms with Gasteiger partial charge in [-0.1, -0.05) is 6.42 Å². The van der Waals surface area contributed by atoms with Crippen LogP contribution in [0.15, 0.2) is 24.5 Å². The second-order valence-corrected chi connectivity index (χ2v) is 5.90. The van der Waals surface area contributed by atoms with Crippen LogP contribution in [0, 0.1) is 11.8 Å². The number of hydrogen-bond donors (Lipinski definition) is 1. The van der Waals surface area contributed by atoms with Crippen molar-refractivity contribution in [3.63, 3.8) is 0 Å². The average Bonchev–Trinajstić information content (AvgIpc) is 3.11. The molecule has 0 aliphatic heterocycles. The molecule has 0 amide bonds. The molecule has 0 spiro atoms. The Hall–Kier alpha value is -1.84. The van der Waals surface area contributed by atoms with Crippen molar-refractivity contribution in [3.05, 3.63) is 30.1 Å². The highest BCUT2D eigenvalue weighted by Crippen LogP contribution is 2.51. The Morgan fingerprint density at radius 3 is 2.89 bits per heavy atom. The van der Waals surface area contributed by atoms with Gasteiger partial charge in [-0.05, 0) is 49.3 Å². The summed E-state index contributed by atoms with van der Waals surface area (Å²) >= 11 is 0. The number of imidazole rings is 1. The Morgan fingerprint density at radius 2 is 2.21 bits per heavy atom. The summed E-state index contributed by atoms with van der Waals surface area (Å²) in [7, 11) is 0. The first-order valence-electron chi connectivity index (χ1n) is 6.92. The average molecular weight is 256 g/mol. The van der Waals surface area contributed by atoms with Gasteiger partial charge in [0.15, 0.2) is 0 Å². The predicted octanol–water partition coefficient (Wildman–Crippen LogP) is 3.10. The lowest BCUT2D eigenvalue weighted by molar-refractivity contribution is 0.0697. The predicted molar refractivity (Wildman–Crippen MR) is 71.2 cm³/mol. The third-order valence-corrected chi connectivity index (χ3v) is 4.88. The van der Waals surface area contributed by atoms with Gasteiger partial charge in [-0.15, -0.1) is 0 Å². The lowest BCUT2D eigenvalue weighted by Crippen LogP contribution is -2.15. The fourth-order valence-electron chi connectivity index (χ4n) is 3.98. The van der Waals surface area contributed by atoms with Gasteiger partial charge < -0.3 is 9.67 Å². The molecule has 1 aromatic carbocycles. The number of aromatic nitrogens is 2. The monoisotopic (exact) mass is 256 g/mol. The van der Waals surface area contributed by atoms with Gasteiger partial charge in [-0.3, -0.25) is 0 Å².